The largest absolute Gasteiger partial charge is 0.392 e. The topological polar surface area (TPSA) is 35.5 Å². The number of hydrogen-bond donors (Lipinski definition) is 2. The van der Waals surface area contributed by atoms with Crippen molar-refractivity contribution in [3.8, 4) is 0 Å². The standard InChI is InChI=1S/C11H22N2O/c14-11-5-8-13(9-11)7-4-10-3-1-2-6-12-10/h10-12,14H,1-9H2/t10-,11+/m0/s1. The fourth-order valence-corrected chi connectivity index (χ4v) is 2.52. The van der Waals surface area contributed by atoms with Crippen LogP contribution in [0.2, 0.25) is 0 Å². The molecule has 2 aliphatic heterocycles. The van der Waals surface area contributed by atoms with E-state index in [0.29, 0.717) is 0 Å². The minimum Gasteiger partial charge on any atom is -0.392 e. The second-order valence-corrected chi connectivity index (χ2v) is 4.68. The molecule has 0 spiro atoms. The van der Waals surface area contributed by atoms with Gasteiger partial charge in [-0.2, -0.15) is 0 Å². The summed E-state index contributed by atoms with van der Waals surface area (Å²) in [5.74, 6) is 0. The van der Waals surface area contributed by atoms with Gasteiger partial charge in [0.1, 0.15) is 0 Å². The average Bonchev–Trinajstić information content (AvgIpc) is 2.63. The molecular formula is C11H22N2O. The van der Waals surface area contributed by atoms with Gasteiger partial charge < -0.3 is 15.3 Å². The van der Waals surface area contributed by atoms with E-state index in [1.807, 2.05) is 0 Å². The van der Waals surface area contributed by atoms with Crippen molar-refractivity contribution in [1.82, 2.24) is 10.2 Å². The lowest BCUT2D eigenvalue weighted by molar-refractivity contribution is 0.174. The quantitative estimate of drug-likeness (QED) is 0.696. The Labute approximate surface area is 86.5 Å². The summed E-state index contributed by atoms with van der Waals surface area (Å²) in [4.78, 5) is 2.39. The van der Waals surface area contributed by atoms with E-state index in [9.17, 15) is 5.11 Å². The van der Waals surface area contributed by atoms with Crippen LogP contribution in [-0.4, -0.2) is 48.3 Å². The Morgan fingerprint density at radius 2 is 2.21 bits per heavy atom. The summed E-state index contributed by atoms with van der Waals surface area (Å²) in [6.45, 7) is 4.35. The molecule has 0 amide bonds. The van der Waals surface area contributed by atoms with Crippen LogP contribution in [0.4, 0.5) is 0 Å². The lowest BCUT2D eigenvalue weighted by atomic mass is 10.0. The minimum atomic E-state index is -0.0608. The lowest BCUT2D eigenvalue weighted by Crippen LogP contribution is -2.37. The maximum absolute atomic E-state index is 9.38. The van der Waals surface area contributed by atoms with Gasteiger partial charge in [0.05, 0.1) is 6.10 Å². The van der Waals surface area contributed by atoms with E-state index in [4.69, 9.17) is 0 Å². The van der Waals surface area contributed by atoms with E-state index in [1.54, 1.807) is 0 Å². The first-order valence-electron chi connectivity index (χ1n) is 5.98. The minimum absolute atomic E-state index is 0.0608. The second kappa shape index (κ2) is 5.10. The van der Waals surface area contributed by atoms with Gasteiger partial charge in [0, 0.05) is 19.1 Å². The van der Waals surface area contributed by atoms with Gasteiger partial charge in [-0.1, -0.05) is 6.42 Å². The van der Waals surface area contributed by atoms with Crippen LogP contribution in [0.3, 0.4) is 0 Å². The molecule has 0 aromatic rings. The zero-order chi connectivity index (χ0) is 9.80. The number of rotatable bonds is 3. The van der Waals surface area contributed by atoms with E-state index in [-0.39, 0.29) is 6.10 Å². The van der Waals surface area contributed by atoms with Gasteiger partial charge in [-0.15, -0.1) is 0 Å². The van der Waals surface area contributed by atoms with Crippen molar-refractivity contribution < 1.29 is 5.11 Å². The lowest BCUT2D eigenvalue weighted by Gasteiger charge is -2.25. The first kappa shape index (κ1) is 10.4. The molecule has 2 atom stereocenters. The van der Waals surface area contributed by atoms with Crippen molar-refractivity contribution in [3.63, 3.8) is 0 Å². The van der Waals surface area contributed by atoms with Crippen LogP contribution < -0.4 is 5.32 Å². The molecule has 0 aromatic carbocycles. The third kappa shape index (κ3) is 2.94. The Kier molecular flexibility index (Phi) is 3.79. The average molecular weight is 198 g/mol. The SMILES string of the molecule is O[C@@H]1CCN(CC[C@@H]2CCCCN2)C1. The molecule has 2 heterocycles. The van der Waals surface area contributed by atoms with Crippen LogP contribution in [-0.2, 0) is 0 Å². The van der Waals surface area contributed by atoms with Crippen LogP contribution in [0.1, 0.15) is 32.1 Å². The molecule has 3 nitrogen and oxygen atoms in total. The fourth-order valence-electron chi connectivity index (χ4n) is 2.52. The number of nitrogens with zero attached hydrogens (tertiary/aromatic N) is 1. The number of likely N-dealkylation sites (tertiary alicyclic amines) is 1. The molecule has 3 heteroatoms. The van der Waals surface area contributed by atoms with Gasteiger partial charge in [-0.05, 0) is 38.8 Å². The zero-order valence-corrected chi connectivity index (χ0v) is 8.91. The molecule has 0 aliphatic carbocycles. The molecule has 0 radical (unpaired) electrons. The van der Waals surface area contributed by atoms with E-state index in [2.05, 4.69) is 10.2 Å². The molecule has 0 saturated carbocycles. The molecule has 2 fully saturated rings. The normalized spacial score (nSPS) is 34.9. The Bertz CT molecular complexity index is 164. The van der Waals surface area contributed by atoms with Gasteiger partial charge in [-0.25, -0.2) is 0 Å². The van der Waals surface area contributed by atoms with E-state index < -0.39 is 0 Å². The molecule has 0 bridgehead atoms. The van der Waals surface area contributed by atoms with Crippen molar-refractivity contribution in [3.05, 3.63) is 0 Å². The number of piperidine rings is 1. The number of aliphatic hydroxyl groups excluding tert-OH is 1. The van der Waals surface area contributed by atoms with E-state index in [0.717, 1.165) is 32.1 Å². The highest BCUT2D eigenvalue weighted by molar-refractivity contribution is 4.78. The number of hydrogen-bond acceptors (Lipinski definition) is 3. The zero-order valence-electron chi connectivity index (χ0n) is 8.91. The molecule has 2 rings (SSSR count). The molecule has 2 saturated heterocycles. The van der Waals surface area contributed by atoms with Crippen LogP contribution in [0.15, 0.2) is 0 Å². The van der Waals surface area contributed by atoms with Crippen molar-refractivity contribution in [2.75, 3.05) is 26.2 Å². The molecule has 0 aromatic heterocycles. The van der Waals surface area contributed by atoms with Crippen LogP contribution in [0.25, 0.3) is 0 Å². The predicted octanol–water partition coefficient (Wildman–Crippen LogP) is 0.585. The van der Waals surface area contributed by atoms with Gasteiger partial charge in [0.25, 0.3) is 0 Å². The first-order valence-corrected chi connectivity index (χ1v) is 5.98. The Morgan fingerprint density at radius 3 is 2.86 bits per heavy atom. The Hall–Kier alpha value is -0.120. The summed E-state index contributed by atoms with van der Waals surface area (Å²) in [5.41, 5.74) is 0. The third-order valence-electron chi connectivity index (χ3n) is 3.45. The highest BCUT2D eigenvalue weighted by Gasteiger charge is 2.21. The van der Waals surface area contributed by atoms with Crippen molar-refractivity contribution in [1.29, 1.82) is 0 Å². The molecule has 2 aliphatic rings. The molecule has 2 N–H and O–H groups in total. The highest BCUT2D eigenvalue weighted by Crippen LogP contribution is 2.13. The Balaban J connectivity index is 1.61. The molecular weight excluding hydrogens is 176 g/mol. The fraction of sp³-hybridized carbons (Fsp3) is 1.00. The third-order valence-corrected chi connectivity index (χ3v) is 3.45. The summed E-state index contributed by atoms with van der Waals surface area (Å²) < 4.78 is 0. The summed E-state index contributed by atoms with van der Waals surface area (Å²) in [7, 11) is 0. The van der Waals surface area contributed by atoms with Crippen molar-refractivity contribution in [2.45, 2.75) is 44.2 Å². The van der Waals surface area contributed by atoms with Crippen molar-refractivity contribution >= 4 is 0 Å². The molecule has 14 heavy (non-hydrogen) atoms. The maximum atomic E-state index is 9.38. The number of nitrogens with one attached hydrogen (secondary N) is 1. The second-order valence-electron chi connectivity index (χ2n) is 4.68. The summed E-state index contributed by atoms with van der Waals surface area (Å²) in [6.07, 6.45) is 6.25. The van der Waals surface area contributed by atoms with E-state index in [1.165, 1.54) is 32.2 Å². The van der Waals surface area contributed by atoms with E-state index >= 15 is 0 Å². The van der Waals surface area contributed by atoms with Crippen molar-refractivity contribution in [2.24, 2.45) is 0 Å². The predicted molar refractivity (Wildman–Crippen MR) is 57.3 cm³/mol. The molecule has 0 unspecified atom stereocenters. The smallest absolute Gasteiger partial charge is 0.0679 e. The van der Waals surface area contributed by atoms with Gasteiger partial charge in [0.15, 0.2) is 0 Å². The maximum Gasteiger partial charge on any atom is 0.0679 e. The number of aliphatic hydroxyl groups is 1. The van der Waals surface area contributed by atoms with Crippen LogP contribution >= 0.6 is 0 Å². The van der Waals surface area contributed by atoms with Crippen LogP contribution in [0, 0.1) is 0 Å². The number of β-amino-alcohol motifs (C(OH)–C–C–N with tert-alkyl or cyclic N) is 1. The summed E-state index contributed by atoms with van der Waals surface area (Å²) in [5, 5.41) is 12.9. The van der Waals surface area contributed by atoms with Gasteiger partial charge >= 0.3 is 0 Å². The summed E-state index contributed by atoms with van der Waals surface area (Å²) in [6, 6.07) is 0.737. The monoisotopic (exact) mass is 198 g/mol. The Morgan fingerprint density at radius 1 is 1.29 bits per heavy atom. The van der Waals surface area contributed by atoms with Crippen LogP contribution in [0.5, 0.6) is 0 Å². The highest BCUT2D eigenvalue weighted by atomic mass is 16.3. The molecule has 82 valence electrons. The first-order chi connectivity index (χ1) is 6.84. The van der Waals surface area contributed by atoms with Gasteiger partial charge in [-0.3, -0.25) is 0 Å². The summed E-state index contributed by atoms with van der Waals surface area (Å²) >= 11 is 0. The van der Waals surface area contributed by atoms with Gasteiger partial charge in [0.2, 0.25) is 0 Å².